The Morgan fingerprint density at radius 1 is 1.53 bits per heavy atom. The molecule has 0 aliphatic carbocycles. The molecule has 0 saturated carbocycles. The molecular weight excluding hydrogens is 222 g/mol. The van der Waals surface area contributed by atoms with Crippen molar-refractivity contribution in [2.24, 2.45) is 0 Å². The maximum atomic E-state index is 11.5. The fourth-order valence-electron chi connectivity index (χ4n) is 1.30. The van der Waals surface area contributed by atoms with Crippen LogP contribution in [-0.4, -0.2) is 37.9 Å². The molecule has 0 radical (unpaired) electrons. The van der Waals surface area contributed by atoms with Gasteiger partial charge in [0.05, 0.1) is 0 Å². The second-order valence-corrected chi connectivity index (χ2v) is 3.72. The normalized spacial score (nSPS) is 10.5. The SMILES string of the molecule is COCCCNCCC(=O)Nc1cc(C)on1. The van der Waals surface area contributed by atoms with E-state index < -0.39 is 0 Å². The van der Waals surface area contributed by atoms with Gasteiger partial charge in [0.25, 0.3) is 0 Å². The minimum atomic E-state index is -0.0717. The summed E-state index contributed by atoms with van der Waals surface area (Å²) in [5, 5.41) is 9.49. The third-order valence-corrected chi connectivity index (χ3v) is 2.13. The van der Waals surface area contributed by atoms with Crippen molar-refractivity contribution >= 4 is 11.7 Å². The predicted molar refractivity (Wildman–Crippen MR) is 63.8 cm³/mol. The zero-order valence-electron chi connectivity index (χ0n) is 10.3. The Balaban J connectivity index is 2.05. The summed E-state index contributed by atoms with van der Waals surface area (Å²) in [5.41, 5.74) is 0. The van der Waals surface area contributed by atoms with E-state index in [1.165, 1.54) is 0 Å². The van der Waals surface area contributed by atoms with Gasteiger partial charge in [-0.1, -0.05) is 5.16 Å². The second-order valence-electron chi connectivity index (χ2n) is 3.72. The van der Waals surface area contributed by atoms with Crippen LogP contribution in [0.25, 0.3) is 0 Å². The molecule has 0 unspecified atom stereocenters. The van der Waals surface area contributed by atoms with Crippen LogP contribution in [0, 0.1) is 6.92 Å². The summed E-state index contributed by atoms with van der Waals surface area (Å²) in [4.78, 5) is 11.5. The van der Waals surface area contributed by atoms with Crippen molar-refractivity contribution in [2.75, 3.05) is 32.1 Å². The summed E-state index contributed by atoms with van der Waals surface area (Å²) in [6.45, 7) is 4.01. The number of nitrogens with zero attached hydrogens (tertiary/aromatic N) is 1. The zero-order valence-corrected chi connectivity index (χ0v) is 10.3. The Kier molecular flexibility index (Phi) is 6.27. The van der Waals surface area contributed by atoms with Crippen LogP contribution in [0.5, 0.6) is 0 Å². The molecule has 0 bridgehead atoms. The van der Waals surface area contributed by atoms with E-state index in [4.69, 9.17) is 9.26 Å². The standard InChI is InChI=1S/C11H19N3O3/c1-9-8-10(14-17-9)13-11(15)4-6-12-5-3-7-16-2/h8,12H,3-7H2,1-2H3,(H,13,14,15). The predicted octanol–water partition coefficient (Wildman–Crippen LogP) is 0.938. The Labute approximate surface area is 101 Å². The van der Waals surface area contributed by atoms with E-state index in [2.05, 4.69) is 15.8 Å². The molecule has 0 aliphatic heterocycles. The molecule has 2 N–H and O–H groups in total. The van der Waals surface area contributed by atoms with Crippen LogP contribution in [0.3, 0.4) is 0 Å². The summed E-state index contributed by atoms with van der Waals surface area (Å²) in [5.74, 6) is 1.07. The molecular formula is C11H19N3O3. The van der Waals surface area contributed by atoms with Gasteiger partial charge in [-0.05, 0) is 19.9 Å². The van der Waals surface area contributed by atoms with Gasteiger partial charge in [0.1, 0.15) is 5.76 Å². The van der Waals surface area contributed by atoms with Crippen molar-refractivity contribution in [1.82, 2.24) is 10.5 Å². The fourth-order valence-corrected chi connectivity index (χ4v) is 1.30. The number of hydrogen-bond donors (Lipinski definition) is 2. The molecule has 0 fully saturated rings. The number of aromatic nitrogens is 1. The largest absolute Gasteiger partial charge is 0.385 e. The van der Waals surface area contributed by atoms with Crippen molar-refractivity contribution in [3.05, 3.63) is 11.8 Å². The first-order valence-electron chi connectivity index (χ1n) is 5.65. The molecule has 1 aromatic heterocycles. The maximum Gasteiger partial charge on any atom is 0.226 e. The van der Waals surface area contributed by atoms with Crippen LogP contribution in [0.15, 0.2) is 10.6 Å². The fraction of sp³-hybridized carbons (Fsp3) is 0.636. The number of aryl methyl sites for hydroxylation is 1. The van der Waals surface area contributed by atoms with Crippen LogP contribution in [0.2, 0.25) is 0 Å². The smallest absolute Gasteiger partial charge is 0.226 e. The topological polar surface area (TPSA) is 76.4 Å². The lowest BCUT2D eigenvalue weighted by Crippen LogP contribution is -2.23. The van der Waals surface area contributed by atoms with Gasteiger partial charge in [-0.25, -0.2) is 0 Å². The molecule has 0 saturated heterocycles. The molecule has 96 valence electrons. The maximum absolute atomic E-state index is 11.5. The van der Waals surface area contributed by atoms with Crippen molar-refractivity contribution < 1.29 is 14.1 Å². The van der Waals surface area contributed by atoms with E-state index >= 15 is 0 Å². The Hall–Kier alpha value is -1.40. The first-order valence-corrected chi connectivity index (χ1v) is 5.65. The van der Waals surface area contributed by atoms with Crippen LogP contribution in [-0.2, 0) is 9.53 Å². The van der Waals surface area contributed by atoms with Crippen molar-refractivity contribution in [3.63, 3.8) is 0 Å². The monoisotopic (exact) mass is 241 g/mol. The third kappa shape index (κ3) is 6.03. The first-order chi connectivity index (χ1) is 8.22. The summed E-state index contributed by atoms with van der Waals surface area (Å²) in [6.07, 6.45) is 1.36. The lowest BCUT2D eigenvalue weighted by molar-refractivity contribution is -0.116. The minimum absolute atomic E-state index is 0.0717. The van der Waals surface area contributed by atoms with Crippen molar-refractivity contribution in [2.45, 2.75) is 19.8 Å². The van der Waals surface area contributed by atoms with Crippen molar-refractivity contribution in [1.29, 1.82) is 0 Å². The Morgan fingerprint density at radius 2 is 2.35 bits per heavy atom. The van der Waals surface area contributed by atoms with E-state index in [0.29, 0.717) is 24.5 Å². The Bertz CT molecular complexity index is 338. The van der Waals surface area contributed by atoms with Crippen LogP contribution >= 0.6 is 0 Å². The summed E-state index contributed by atoms with van der Waals surface area (Å²) >= 11 is 0. The number of nitrogens with one attached hydrogen (secondary N) is 2. The number of rotatable bonds is 8. The number of carbonyl (C=O) groups is 1. The molecule has 1 heterocycles. The van der Waals surface area contributed by atoms with E-state index in [-0.39, 0.29) is 5.91 Å². The Morgan fingerprint density at radius 3 is 3.00 bits per heavy atom. The lowest BCUT2D eigenvalue weighted by atomic mass is 10.3. The number of hydrogen-bond acceptors (Lipinski definition) is 5. The molecule has 0 atom stereocenters. The van der Waals surface area contributed by atoms with E-state index in [9.17, 15) is 4.79 Å². The molecule has 0 aromatic carbocycles. The average molecular weight is 241 g/mol. The van der Waals surface area contributed by atoms with Gasteiger partial charge in [-0.3, -0.25) is 4.79 Å². The number of methoxy groups -OCH3 is 1. The number of amides is 1. The van der Waals surface area contributed by atoms with Gasteiger partial charge >= 0.3 is 0 Å². The summed E-state index contributed by atoms with van der Waals surface area (Å²) in [6, 6.07) is 1.68. The number of anilines is 1. The quantitative estimate of drug-likeness (QED) is 0.662. The van der Waals surface area contributed by atoms with Crippen molar-refractivity contribution in [3.8, 4) is 0 Å². The minimum Gasteiger partial charge on any atom is -0.385 e. The summed E-state index contributed by atoms with van der Waals surface area (Å²) in [7, 11) is 1.67. The highest BCUT2D eigenvalue weighted by atomic mass is 16.5. The van der Waals surface area contributed by atoms with Gasteiger partial charge in [-0.2, -0.15) is 0 Å². The number of ether oxygens (including phenoxy) is 1. The highest BCUT2D eigenvalue weighted by Gasteiger charge is 2.05. The third-order valence-electron chi connectivity index (χ3n) is 2.13. The highest BCUT2D eigenvalue weighted by Crippen LogP contribution is 2.06. The molecule has 0 spiro atoms. The van der Waals surface area contributed by atoms with E-state index in [1.807, 2.05) is 0 Å². The van der Waals surface area contributed by atoms with Crippen LogP contribution < -0.4 is 10.6 Å². The highest BCUT2D eigenvalue weighted by molar-refractivity contribution is 5.89. The van der Waals surface area contributed by atoms with E-state index in [0.717, 1.165) is 19.6 Å². The second kappa shape index (κ2) is 7.81. The lowest BCUT2D eigenvalue weighted by Gasteiger charge is -2.04. The van der Waals surface area contributed by atoms with Gasteiger partial charge in [-0.15, -0.1) is 0 Å². The average Bonchev–Trinajstić information content (AvgIpc) is 2.69. The number of carbonyl (C=O) groups excluding carboxylic acids is 1. The molecule has 17 heavy (non-hydrogen) atoms. The van der Waals surface area contributed by atoms with Crippen LogP contribution in [0.4, 0.5) is 5.82 Å². The first kappa shape index (κ1) is 13.7. The molecule has 6 nitrogen and oxygen atoms in total. The van der Waals surface area contributed by atoms with Gasteiger partial charge < -0.3 is 19.9 Å². The molecule has 6 heteroatoms. The van der Waals surface area contributed by atoms with Gasteiger partial charge in [0.2, 0.25) is 5.91 Å². The molecule has 1 amide bonds. The zero-order chi connectivity index (χ0) is 12.5. The van der Waals surface area contributed by atoms with Crippen LogP contribution in [0.1, 0.15) is 18.6 Å². The molecule has 1 rings (SSSR count). The van der Waals surface area contributed by atoms with Gasteiger partial charge in [0, 0.05) is 32.7 Å². The van der Waals surface area contributed by atoms with E-state index in [1.54, 1.807) is 20.1 Å². The molecule has 1 aromatic rings. The van der Waals surface area contributed by atoms with Gasteiger partial charge in [0.15, 0.2) is 5.82 Å². The summed E-state index contributed by atoms with van der Waals surface area (Å²) < 4.78 is 9.75. The molecule has 0 aliphatic rings.